The zero-order valence-electron chi connectivity index (χ0n) is 56.8. The molecule has 3 aliphatic heterocycles. The van der Waals surface area contributed by atoms with E-state index in [0.29, 0.717) is 44.7 Å². The molecule has 12 aromatic rings. The van der Waals surface area contributed by atoms with E-state index in [0.717, 1.165) is 96.1 Å². The van der Waals surface area contributed by atoms with E-state index < -0.39 is 24.8 Å². The average Bonchev–Trinajstić information content (AvgIpc) is 1.59. The van der Waals surface area contributed by atoms with E-state index in [4.69, 9.17) is 48.8 Å². The minimum absolute atomic E-state index is 0. The zero-order valence-corrected chi connectivity index (χ0v) is 59.1. The van der Waals surface area contributed by atoms with Crippen molar-refractivity contribution >= 4 is 152 Å². The summed E-state index contributed by atoms with van der Waals surface area (Å²) in [6.45, 7) is 5.35. The lowest BCUT2D eigenvalue weighted by molar-refractivity contribution is -0.138. The number of H-pyrrole nitrogens is 3. The highest BCUT2D eigenvalue weighted by Gasteiger charge is 2.45. The maximum absolute atomic E-state index is 12.9. The van der Waals surface area contributed by atoms with E-state index in [1.165, 1.54) is 18.0 Å². The third-order valence-electron chi connectivity index (χ3n) is 17.2. The molecule has 10 heterocycles. The molecule has 26 nitrogen and oxygen atoms in total. The lowest BCUT2D eigenvalue weighted by Crippen LogP contribution is -2.29. The number of pyridine rings is 4. The fourth-order valence-electron chi connectivity index (χ4n) is 12.3. The number of aromatic nitrogens is 7. The van der Waals surface area contributed by atoms with Crippen LogP contribution in [0.15, 0.2) is 210 Å². The van der Waals surface area contributed by atoms with Crippen LogP contribution in [0.3, 0.4) is 0 Å². The van der Waals surface area contributed by atoms with Crippen molar-refractivity contribution in [3.63, 3.8) is 0 Å². The van der Waals surface area contributed by atoms with Crippen molar-refractivity contribution in [3.05, 3.63) is 240 Å². The monoisotopic (exact) mass is 1500 g/mol. The van der Waals surface area contributed by atoms with Crippen LogP contribution in [-0.2, 0) is 14.3 Å². The fraction of sp³-hybridized carbons (Fsp3) is 0.156. The molecule has 30 heteroatoms. The summed E-state index contributed by atoms with van der Waals surface area (Å²) in [5.41, 5.74) is 28.7. The van der Waals surface area contributed by atoms with Crippen molar-refractivity contribution in [1.29, 1.82) is 0 Å². The number of hydrazone groups is 3. The van der Waals surface area contributed by atoms with E-state index in [1.54, 1.807) is 113 Å². The molecule has 2 fully saturated rings. The molecule has 7 aromatic heterocycles. The molecule has 2 aliphatic carbocycles. The van der Waals surface area contributed by atoms with Gasteiger partial charge in [-0.25, -0.2) is 21.1 Å². The summed E-state index contributed by atoms with van der Waals surface area (Å²) in [4.78, 5) is 98.8. The molecule has 5 aliphatic rings. The Labute approximate surface area is 629 Å². The van der Waals surface area contributed by atoms with Crippen LogP contribution in [0.1, 0.15) is 112 Å². The molecule has 0 spiro atoms. The third kappa shape index (κ3) is 18.4. The van der Waals surface area contributed by atoms with E-state index in [9.17, 15) is 28.8 Å². The van der Waals surface area contributed by atoms with Gasteiger partial charge in [0.1, 0.15) is 5.60 Å². The van der Waals surface area contributed by atoms with Crippen LogP contribution in [0.2, 0.25) is 0 Å². The van der Waals surface area contributed by atoms with Crippen molar-refractivity contribution in [1.82, 2.24) is 51.2 Å². The van der Waals surface area contributed by atoms with Gasteiger partial charge < -0.3 is 45.9 Å². The Kier molecular flexibility index (Phi) is 24.9. The Bertz CT molecular complexity index is 5300. The number of hydrogen-bond donors (Lipinski definition) is 12. The second-order valence-electron chi connectivity index (χ2n) is 25.4. The van der Waals surface area contributed by atoms with Crippen LogP contribution in [0.25, 0.3) is 66.5 Å². The molecule has 0 bridgehead atoms. The summed E-state index contributed by atoms with van der Waals surface area (Å²) in [6, 6.07) is 44.8. The molecular weight excluding hydrogens is 1430 g/mol. The minimum Gasteiger partial charge on any atom is -0.481 e. The zero-order chi connectivity index (χ0) is 73.9. The molecule has 5 amide bonds. The SMILES string of the molecule is C.CC(C)(C)OC(=O)Nc1cc2c3c(c(-c4ccncc4)[nH]c3c1)C=NNC2=O.Cl.ClCCl.Nc1cc2c3c(c(-c4ccncc4)[nH]c3c1)C=NNC2=O.O=C(O)C1C[C@H]1c1ccccc1.O=C1NN=Cc2c(-c3ccncc3)[nH]c3cc(NC(=O)[C@@H]4C[C@H]4c4ccccc4)cc1c23.OB(O)c1ccncc1. The summed E-state index contributed by atoms with van der Waals surface area (Å²) in [7, 11) is -1.38. The largest absolute Gasteiger partial charge is 0.488 e. The normalized spacial score (nSPS) is 15.6. The highest BCUT2D eigenvalue weighted by molar-refractivity contribution is 6.58. The Hall–Kier alpha value is -12.4. The number of rotatable bonds is 10. The first kappa shape index (κ1) is 77.2. The maximum atomic E-state index is 12.9. The second-order valence-corrected chi connectivity index (χ2v) is 26.2. The van der Waals surface area contributed by atoms with Crippen molar-refractivity contribution in [2.75, 3.05) is 21.7 Å². The molecule has 2 saturated carbocycles. The number of hydrogen-bond acceptors (Lipinski definition) is 17. The van der Waals surface area contributed by atoms with Crippen molar-refractivity contribution < 1.29 is 48.7 Å². The number of carboxylic acid groups (broad SMARTS) is 1. The van der Waals surface area contributed by atoms with Crippen LogP contribution in [0.4, 0.5) is 21.9 Å². The van der Waals surface area contributed by atoms with Gasteiger partial charge >= 0.3 is 19.2 Å². The molecule has 0 saturated heterocycles. The van der Waals surface area contributed by atoms with Crippen molar-refractivity contribution in [3.8, 4) is 33.8 Å². The van der Waals surface area contributed by atoms with E-state index in [-0.39, 0.29) is 72.5 Å². The van der Waals surface area contributed by atoms with Gasteiger partial charge in [0.05, 0.1) is 63.7 Å². The summed E-state index contributed by atoms with van der Waals surface area (Å²) >= 11 is 9.53. The van der Waals surface area contributed by atoms with Crippen LogP contribution >= 0.6 is 35.6 Å². The topological polar surface area (TPSA) is 395 Å². The van der Waals surface area contributed by atoms with Crippen LogP contribution in [0, 0.1) is 11.8 Å². The smallest absolute Gasteiger partial charge is 0.481 e. The summed E-state index contributed by atoms with van der Waals surface area (Å²) in [6.07, 6.45) is 19.3. The molecular formula is C77H72BCl3N16O10. The van der Waals surface area contributed by atoms with Gasteiger partial charge in [0.15, 0.2) is 0 Å². The summed E-state index contributed by atoms with van der Waals surface area (Å²) in [5, 5.41) is 46.1. The number of aromatic amines is 3. The average molecular weight is 1500 g/mol. The van der Waals surface area contributed by atoms with Crippen LogP contribution in [0.5, 0.6) is 0 Å². The van der Waals surface area contributed by atoms with Crippen molar-refractivity contribution in [2.24, 2.45) is 27.1 Å². The van der Waals surface area contributed by atoms with Crippen LogP contribution < -0.4 is 38.1 Å². The number of amides is 5. The number of alkyl halides is 2. The number of nitrogen functional groups attached to an aromatic ring is 1. The Morgan fingerprint density at radius 2 is 0.888 bits per heavy atom. The first-order valence-electron chi connectivity index (χ1n) is 32.8. The third-order valence-corrected chi connectivity index (χ3v) is 17.2. The molecule has 544 valence electrons. The van der Waals surface area contributed by atoms with Gasteiger partial charge in [-0.3, -0.25) is 49.2 Å². The van der Waals surface area contributed by atoms with Gasteiger partial charge in [0.2, 0.25) is 5.91 Å². The molecule has 13 N–H and O–H groups in total. The Balaban J connectivity index is 0.000000149. The quantitative estimate of drug-likeness (QED) is 0.0344. The highest BCUT2D eigenvalue weighted by Crippen LogP contribution is 2.49. The van der Waals surface area contributed by atoms with Gasteiger partial charge in [0.25, 0.3) is 17.7 Å². The number of carboxylic acids is 1. The number of nitrogens with zero attached hydrogens (tertiary/aromatic N) is 7. The predicted molar refractivity (Wildman–Crippen MR) is 419 cm³/mol. The second kappa shape index (κ2) is 34.5. The van der Waals surface area contributed by atoms with E-state index in [2.05, 4.69) is 89.2 Å². The number of anilines is 3. The highest BCUT2D eigenvalue weighted by atomic mass is 35.5. The maximum Gasteiger partial charge on any atom is 0.488 e. The number of carbonyl (C=O) groups excluding carboxylic acids is 5. The number of aliphatic carboxylic acids is 1. The molecule has 0 radical (unpaired) electrons. The molecule has 107 heavy (non-hydrogen) atoms. The number of benzene rings is 5. The standard InChI is InChI=1S/C25H19N5O2.C20H19N5O3.C15H11N5O.C10H10O2.C5H6BNO2.CH2Cl2.CH4.ClH/c31-24(18-12-17(18)14-4-2-1-3-5-14)28-16-10-19-22-20(13-27-30-25(19)32)23(29-21(22)11-16)15-6-8-26-9-7-15;1-20(2,3)28-19(27)23-12-8-13-16-14(10-22-25-18(13)26)17(24-15(16)9-12)11-4-6-21-7-5-11;16-9-5-10-13-11(7-18-20-15(10)21)14(19-12(13)6-9)8-1-3-17-4-2-8;11-10(12)9-6-8(9)7-4-2-1-3-5-7;8-6(9)5-1-3-7-4-2-5;2-1-3;;/h1-11,13,17-18,29H,12H2,(H,28,31)(H,30,32);4-10,24H,1-3H3,(H,23,27)(H,25,26);1-7,19H,16H2,(H,20,21);1-5,8-9H,6H2,(H,11,12);1-4,8-9H;1H2;1H4;1H/t17-,18+;;;8-,9?;;;;/m0..0..../s1. The van der Waals surface area contributed by atoms with Gasteiger partial charge in [-0.2, -0.15) is 15.3 Å². The first-order valence-corrected chi connectivity index (χ1v) is 33.9. The lowest BCUT2D eigenvalue weighted by atomic mass is 9.81. The van der Waals surface area contributed by atoms with E-state index >= 15 is 0 Å². The van der Waals surface area contributed by atoms with Gasteiger partial charge in [-0.1, -0.05) is 68.1 Å². The number of halogens is 3. The van der Waals surface area contributed by atoms with Crippen LogP contribution in [-0.4, -0.2) is 122 Å². The number of nitrogens with two attached hydrogens (primary N) is 1. The number of ether oxygens (including phenoxy) is 1. The fourth-order valence-corrected chi connectivity index (χ4v) is 12.3. The molecule has 5 aromatic carbocycles. The Morgan fingerprint density at radius 1 is 0.533 bits per heavy atom. The number of nitrogens with one attached hydrogen (secondary N) is 8. The Morgan fingerprint density at radius 3 is 1.25 bits per heavy atom. The summed E-state index contributed by atoms with van der Waals surface area (Å²) < 4.78 is 5.30. The van der Waals surface area contributed by atoms with Gasteiger partial charge in [-0.05, 0) is 147 Å². The minimum atomic E-state index is -1.38. The molecule has 1 unspecified atom stereocenters. The van der Waals surface area contributed by atoms with E-state index in [1.807, 2.05) is 97.1 Å². The first-order chi connectivity index (χ1) is 50.7. The molecule has 17 rings (SSSR count). The summed E-state index contributed by atoms with van der Waals surface area (Å²) in [5.74, 6) is -1.30. The van der Waals surface area contributed by atoms with Gasteiger partial charge in [-0.15, -0.1) is 35.6 Å². The van der Waals surface area contributed by atoms with Crippen molar-refractivity contribution in [2.45, 2.75) is 58.5 Å². The van der Waals surface area contributed by atoms with Gasteiger partial charge in [0, 0.05) is 139 Å². The lowest BCUT2D eigenvalue weighted by Gasteiger charge is -2.19. The predicted octanol–water partition coefficient (Wildman–Crippen LogP) is 12.7. The number of carbonyl (C=O) groups is 6. The molecule has 4 atom stereocenters.